The van der Waals surface area contributed by atoms with Crippen molar-refractivity contribution < 1.29 is 4.74 Å². The summed E-state index contributed by atoms with van der Waals surface area (Å²) in [7, 11) is 0. The van der Waals surface area contributed by atoms with Crippen molar-refractivity contribution in [3.05, 3.63) is 23.8 Å². The Morgan fingerprint density at radius 1 is 1.44 bits per heavy atom. The molecule has 3 rings (SSSR count). The van der Waals surface area contributed by atoms with E-state index in [1.165, 1.54) is 29.8 Å². The van der Waals surface area contributed by atoms with Gasteiger partial charge in [0.15, 0.2) is 0 Å². The molecule has 0 spiro atoms. The molecule has 2 heterocycles. The van der Waals surface area contributed by atoms with Gasteiger partial charge in [0.05, 0.1) is 19.3 Å². The quantitative estimate of drug-likeness (QED) is 0.868. The molecule has 3 heteroatoms. The molecular formula is C15H22N2O. The molecule has 1 aromatic rings. The van der Waals surface area contributed by atoms with E-state index in [2.05, 4.69) is 35.3 Å². The zero-order valence-electron chi connectivity index (χ0n) is 11.1. The van der Waals surface area contributed by atoms with E-state index in [0.717, 1.165) is 32.7 Å². The molecule has 0 aliphatic carbocycles. The summed E-state index contributed by atoms with van der Waals surface area (Å²) in [4.78, 5) is 2.55. The third-order valence-corrected chi connectivity index (χ3v) is 4.08. The first-order valence-electron chi connectivity index (χ1n) is 7.10. The van der Waals surface area contributed by atoms with Crippen LogP contribution in [0.4, 0.5) is 11.4 Å². The summed E-state index contributed by atoms with van der Waals surface area (Å²) in [6.45, 7) is 6.10. The van der Waals surface area contributed by atoms with Crippen molar-refractivity contribution in [1.29, 1.82) is 0 Å². The van der Waals surface area contributed by atoms with Crippen LogP contribution in [0.2, 0.25) is 0 Å². The number of anilines is 2. The number of ether oxygens (including phenoxy) is 1. The van der Waals surface area contributed by atoms with Gasteiger partial charge in [0.1, 0.15) is 0 Å². The number of fused-ring (bicyclic) bond motifs is 1. The second-order valence-corrected chi connectivity index (χ2v) is 5.16. The van der Waals surface area contributed by atoms with Gasteiger partial charge in [-0.2, -0.15) is 0 Å². The van der Waals surface area contributed by atoms with Crippen LogP contribution < -0.4 is 10.2 Å². The van der Waals surface area contributed by atoms with Gasteiger partial charge in [-0.15, -0.1) is 0 Å². The molecule has 1 aromatic carbocycles. The second-order valence-electron chi connectivity index (χ2n) is 5.16. The van der Waals surface area contributed by atoms with E-state index in [1.54, 1.807) is 0 Å². The fourth-order valence-corrected chi connectivity index (χ4v) is 3.07. The molecule has 0 radical (unpaired) electrons. The van der Waals surface area contributed by atoms with Crippen molar-refractivity contribution in [1.82, 2.24) is 0 Å². The van der Waals surface area contributed by atoms with Crippen LogP contribution >= 0.6 is 0 Å². The summed E-state index contributed by atoms with van der Waals surface area (Å²) >= 11 is 0. The monoisotopic (exact) mass is 246 g/mol. The van der Waals surface area contributed by atoms with Gasteiger partial charge in [-0.05, 0) is 37.0 Å². The lowest BCUT2D eigenvalue weighted by atomic mass is 9.99. The number of hydrogen-bond donors (Lipinski definition) is 1. The van der Waals surface area contributed by atoms with Crippen LogP contribution in [0.1, 0.15) is 25.3 Å². The average Bonchev–Trinajstić information content (AvgIpc) is 2.46. The largest absolute Gasteiger partial charge is 0.385 e. The fraction of sp³-hybridized carbons (Fsp3) is 0.600. The van der Waals surface area contributed by atoms with Crippen LogP contribution in [-0.2, 0) is 11.2 Å². The fourth-order valence-electron chi connectivity index (χ4n) is 3.07. The molecule has 1 unspecified atom stereocenters. The molecule has 18 heavy (non-hydrogen) atoms. The molecule has 1 atom stereocenters. The summed E-state index contributed by atoms with van der Waals surface area (Å²) in [5, 5.41) is 3.52. The molecule has 1 fully saturated rings. The zero-order valence-corrected chi connectivity index (χ0v) is 11.1. The first-order chi connectivity index (χ1) is 8.90. The van der Waals surface area contributed by atoms with Crippen LogP contribution in [0.25, 0.3) is 0 Å². The van der Waals surface area contributed by atoms with Gasteiger partial charge in [0.2, 0.25) is 0 Å². The summed E-state index contributed by atoms with van der Waals surface area (Å²) in [5.41, 5.74) is 4.26. The van der Waals surface area contributed by atoms with E-state index in [9.17, 15) is 0 Å². The first-order valence-corrected chi connectivity index (χ1v) is 7.10. The third kappa shape index (κ3) is 2.07. The van der Waals surface area contributed by atoms with Gasteiger partial charge in [-0.3, -0.25) is 0 Å². The minimum atomic E-state index is 0.534. The molecule has 1 N–H and O–H groups in total. The van der Waals surface area contributed by atoms with Crippen molar-refractivity contribution in [2.75, 3.05) is 36.5 Å². The maximum absolute atomic E-state index is 5.61. The summed E-state index contributed by atoms with van der Waals surface area (Å²) in [5.74, 6) is 0. The van der Waals surface area contributed by atoms with E-state index in [-0.39, 0.29) is 0 Å². The molecule has 0 aromatic heterocycles. The van der Waals surface area contributed by atoms with Crippen molar-refractivity contribution in [2.24, 2.45) is 0 Å². The second kappa shape index (κ2) is 5.19. The number of rotatable bonds is 2. The minimum Gasteiger partial charge on any atom is -0.385 e. The Hall–Kier alpha value is -1.22. The lowest BCUT2D eigenvalue weighted by Crippen LogP contribution is -2.45. The van der Waals surface area contributed by atoms with Crippen LogP contribution in [0.15, 0.2) is 18.2 Å². The Morgan fingerprint density at radius 3 is 3.28 bits per heavy atom. The Labute approximate surface area is 109 Å². The van der Waals surface area contributed by atoms with Crippen molar-refractivity contribution in [3.63, 3.8) is 0 Å². The van der Waals surface area contributed by atoms with Gasteiger partial charge in [-0.1, -0.05) is 13.0 Å². The van der Waals surface area contributed by atoms with Gasteiger partial charge < -0.3 is 15.0 Å². The smallest absolute Gasteiger partial charge is 0.0670 e. The highest BCUT2D eigenvalue weighted by molar-refractivity contribution is 5.68. The van der Waals surface area contributed by atoms with Gasteiger partial charge in [0, 0.05) is 24.5 Å². The number of nitrogens with one attached hydrogen (secondary N) is 1. The van der Waals surface area contributed by atoms with Gasteiger partial charge in [-0.25, -0.2) is 0 Å². The number of hydrogen-bond acceptors (Lipinski definition) is 3. The number of morpholine rings is 1. The van der Waals surface area contributed by atoms with Crippen LogP contribution in [-0.4, -0.2) is 32.3 Å². The normalized spacial score (nSPS) is 23.4. The van der Waals surface area contributed by atoms with Crippen LogP contribution in [0.5, 0.6) is 0 Å². The van der Waals surface area contributed by atoms with Crippen molar-refractivity contribution in [2.45, 2.75) is 32.2 Å². The van der Waals surface area contributed by atoms with E-state index in [1.807, 2.05) is 0 Å². The molecule has 2 aliphatic rings. The van der Waals surface area contributed by atoms with Crippen LogP contribution in [0.3, 0.4) is 0 Å². The Bertz CT molecular complexity index is 419. The van der Waals surface area contributed by atoms with Gasteiger partial charge in [0.25, 0.3) is 0 Å². The van der Waals surface area contributed by atoms with E-state index >= 15 is 0 Å². The maximum atomic E-state index is 5.61. The standard InChI is InChI=1S/C15H22N2O/c1-2-12-11-18-10-9-17(12)15-7-3-6-14-13(15)5-4-8-16-14/h3,6-7,12,16H,2,4-5,8-11H2,1H3. The van der Waals surface area contributed by atoms with Crippen molar-refractivity contribution >= 4 is 11.4 Å². The van der Waals surface area contributed by atoms with E-state index < -0.39 is 0 Å². The van der Waals surface area contributed by atoms with E-state index in [4.69, 9.17) is 4.74 Å². The molecule has 1 saturated heterocycles. The Kier molecular flexibility index (Phi) is 3.41. The average molecular weight is 246 g/mol. The molecule has 98 valence electrons. The van der Waals surface area contributed by atoms with E-state index in [0.29, 0.717) is 6.04 Å². The summed E-state index contributed by atoms with van der Waals surface area (Å²) in [6.07, 6.45) is 3.59. The number of nitrogens with zero attached hydrogens (tertiary/aromatic N) is 1. The zero-order chi connectivity index (χ0) is 12.4. The lowest BCUT2D eigenvalue weighted by Gasteiger charge is -2.39. The SMILES string of the molecule is CCC1COCCN1c1cccc2c1CCCN2. The Morgan fingerprint density at radius 2 is 2.39 bits per heavy atom. The molecule has 0 saturated carbocycles. The minimum absolute atomic E-state index is 0.534. The molecule has 0 amide bonds. The predicted octanol–water partition coefficient (Wildman–Crippen LogP) is 2.66. The molecule has 3 nitrogen and oxygen atoms in total. The topological polar surface area (TPSA) is 24.5 Å². The molecule has 0 bridgehead atoms. The highest BCUT2D eigenvalue weighted by Gasteiger charge is 2.25. The predicted molar refractivity (Wildman–Crippen MR) is 75.5 cm³/mol. The molecular weight excluding hydrogens is 224 g/mol. The van der Waals surface area contributed by atoms with Crippen molar-refractivity contribution in [3.8, 4) is 0 Å². The van der Waals surface area contributed by atoms with Gasteiger partial charge >= 0.3 is 0 Å². The number of benzene rings is 1. The summed E-state index contributed by atoms with van der Waals surface area (Å²) < 4.78 is 5.61. The first kappa shape index (κ1) is 11.8. The third-order valence-electron chi connectivity index (χ3n) is 4.08. The van der Waals surface area contributed by atoms with Crippen LogP contribution in [0, 0.1) is 0 Å². The lowest BCUT2D eigenvalue weighted by molar-refractivity contribution is 0.0929. The Balaban J connectivity index is 1.95. The maximum Gasteiger partial charge on any atom is 0.0670 e. The summed E-state index contributed by atoms with van der Waals surface area (Å²) in [6, 6.07) is 7.20. The highest BCUT2D eigenvalue weighted by atomic mass is 16.5. The highest BCUT2D eigenvalue weighted by Crippen LogP contribution is 2.33. The molecule has 2 aliphatic heterocycles.